The first kappa shape index (κ1) is 58.8. The van der Waals surface area contributed by atoms with Crippen LogP contribution in [0, 0.1) is 17.8 Å². The molecule has 2 aromatic heterocycles. The van der Waals surface area contributed by atoms with Crippen LogP contribution in [0.25, 0.3) is 11.1 Å². The van der Waals surface area contributed by atoms with Gasteiger partial charge in [0.2, 0.25) is 0 Å². The number of cyclic esters (lactones) is 1. The Bertz CT molecular complexity index is 2170. The average molecular weight is 1030 g/mol. The molecule has 0 spiro atoms. The molecule has 5 heterocycles. The summed E-state index contributed by atoms with van der Waals surface area (Å²) in [5.74, 6) is -2.47. The summed E-state index contributed by atoms with van der Waals surface area (Å²) in [5, 5.41) is 56.5. The molecule has 73 heavy (non-hydrogen) atoms. The Morgan fingerprint density at radius 2 is 1.63 bits per heavy atom. The first-order chi connectivity index (χ1) is 34.4. The van der Waals surface area contributed by atoms with Crippen LogP contribution >= 0.6 is 0 Å². The number of likely N-dealkylation sites (N-methyl/N-ethyl adjacent to an activating group) is 2. The van der Waals surface area contributed by atoms with Crippen LogP contribution in [-0.2, 0) is 50.9 Å². The van der Waals surface area contributed by atoms with Crippen LogP contribution in [0.4, 0.5) is 0 Å². The number of aliphatic hydroxyl groups excluding tert-OH is 2. The Kier molecular flexibility index (Phi) is 20.2. The second-order valence-corrected chi connectivity index (χ2v) is 22.3. The Morgan fingerprint density at radius 3 is 2.27 bits per heavy atom. The number of nitrogens with zero attached hydrogens (tertiary/aromatic N) is 6. The molecule has 410 valence electrons. The number of benzene rings is 1. The zero-order chi connectivity index (χ0) is 53.6. The molecule has 0 radical (unpaired) electrons. The largest absolute Gasteiger partial charge is 0.459 e. The van der Waals surface area contributed by atoms with Crippen molar-refractivity contribution in [1.29, 1.82) is 0 Å². The van der Waals surface area contributed by atoms with Gasteiger partial charge in [-0.1, -0.05) is 56.3 Å². The topological polar surface area (TPSA) is 213 Å². The number of hydrogen-bond donors (Lipinski definition) is 4. The quantitative estimate of drug-likeness (QED) is 0.137. The van der Waals surface area contributed by atoms with Gasteiger partial charge in [0.25, 0.3) is 0 Å². The molecule has 3 aliphatic rings. The number of pyridine rings is 1. The maximum atomic E-state index is 14.5. The normalized spacial score (nSPS) is 38.1. The van der Waals surface area contributed by atoms with E-state index in [1.165, 1.54) is 14.0 Å². The molecule has 3 aromatic rings. The number of hydrogen-bond acceptors (Lipinski definition) is 17. The lowest BCUT2D eigenvalue weighted by Gasteiger charge is -2.48. The zero-order valence-electron chi connectivity index (χ0n) is 46.0. The second-order valence-electron chi connectivity index (χ2n) is 22.3. The van der Waals surface area contributed by atoms with Crippen LogP contribution < -0.4 is 0 Å². The van der Waals surface area contributed by atoms with Gasteiger partial charge < -0.3 is 63.4 Å². The van der Waals surface area contributed by atoms with Gasteiger partial charge in [-0.25, -0.2) is 4.68 Å². The van der Waals surface area contributed by atoms with E-state index >= 15 is 0 Å². The molecule has 1 aromatic carbocycles. The Labute approximate surface area is 434 Å². The van der Waals surface area contributed by atoms with Crippen LogP contribution in [0.15, 0.2) is 55.0 Å². The minimum absolute atomic E-state index is 0.0503. The molecule has 6 rings (SSSR count). The fourth-order valence-corrected chi connectivity index (χ4v) is 11.5. The van der Waals surface area contributed by atoms with Gasteiger partial charge >= 0.3 is 5.97 Å². The van der Waals surface area contributed by atoms with Crippen LogP contribution in [0.3, 0.4) is 0 Å². The van der Waals surface area contributed by atoms with Crippen molar-refractivity contribution in [3.05, 3.63) is 66.2 Å². The molecule has 1 unspecified atom stereocenters. The Morgan fingerprint density at radius 1 is 0.918 bits per heavy atom. The molecule has 18 heteroatoms. The van der Waals surface area contributed by atoms with E-state index in [4.69, 9.17) is 33.2 Å². The Balaban J connectivity index is 1.21. The third-order valence-corrected chi connectivity index (χ3v) is 16.2. The van der Waals surface area contributed by atoms with Gasteiger partial charge in [-0.15, -0.1) is 5.10 Å². The van der Waals surface area contributed by atoms with Gasteiger partial charge in [-0.3, -0.25) is 9.78 Å². The predicted octanol–water partition coefficient (Wildman–Crippen LogP) is 5.58. The summed E-state index contributed by atoms with van der Waals surface area (Å²) in [7, 11) is 7.19. The summed E-state index contributed by atoms with van der Waals surface area (Å²) < 4.78 is 46.5. The van der Waals surface area contributed by atoms with Crippen molar-refractivity contribution in [3.63, 3.8) is 0 Å². The molecule has 0 aliphatic carbocycles. The summed E-state index contributed by atoms with van der Waals surface area (Å²) in [6.45, 7) is 19.7. The smallest absolute Gasteiger partial charge is 0.311 e. The van der Waals surface area contributed by atoms with E-state index in [9.17, 15) is 25.2 Å². The average Bonchev–Trinajstić information content (AvgIpc) is 3.82. The minimum atomic E-state index is -1.81. The number of ether oxygens (including phenoxy) is 7. The van der Waals surface area contributed by atoms with Gasteiger partial charge in [0, 0.05) is 83.2 Å². The van der Waals surface area contributed by atoms with E-state index in [1.54, 1.807) is 47.9 Å². The molecule has 18 nitrogen and oxygen atoms in total. The lowest BCUT2D eigenvalue weighted by atomic mass is 9.77. The molecule has 0 amide bonds. The highest BCUT2D eigenvalue weighted by Gasteiger charge is 2.52. The highest BCUT2D eigenvalue weighted by Crippen LogP contribution is 2.40. The lowest BCUT2D eigenvalue weighted by molar-refractivity contribution is -0.308. The maximum absolute atomic E-state index is 14.5. The van der Waals surface area contributed by atoms with Crippen molar-refractivity contribution >= 4 is 5.97 Å². The number of carbonyl (C=O) groups is 1. The molecular weight excluding hydrogens is 937 g/mol. The summed E-state index contributed by atoms with van der Waals surface area (Å²) in [5.41, 5.74) is -0.319. The number of aromatic nitrogens is 4. The van der Waals surface area contributed by atoms with Crippen LogP contribution in [0.5, 0.6) is 0 Å². The zero-order valence-corrected chi connectivity index (χ0v) is 46.0. The van der Waals surface area contributed by atoms with Crippen LogP contribution in [0.1, 0.15) is 119 Å². The van der Waals surface area contributed by atoms with Crippen molar-refractivity contribution in [1.82, 2.24) is 29.8 Å². The second kappa shape index (κ2) is 25.1. The monoisotopic (exact) mass is 1020 g/mol. The molecule has 18 atom stereocenters. The summed E-state index contributed by atoms with van der Waals surface area (Å²) in [6.07, 6.45) is 0.155. The van der Waals surface area contributed by atoms with Crippen molar-refractivity contribution < 1.29 is 58.4 Å². The molecule has 0 saturated carbocycles. The van der Waals surface area contributed by atoms with Gasteiger partial charge in [0.05, 0.1) is 53.8 Å². The van der Waals surface area contributed by atoms with Gasteiger partial charge in [0.15, 0.2) is 12.6 Å². The van der Waals surface area contributed by atoms with Crippen molar-refractivity contribution in [2.24, 2.45) is 17.8 Å². The predicted molar refractivity (Wildman–Crippen MR) is 275 cm³/mol. The highest BCUT2D eigenvalue weighted by molar-refractivity contribution is 5.73. The molecule has 3 aliphatic heterocycles. The van der Waals surface area contributed by atoms with E-state index in [2.05, 4.69) is 51.5 Å². The molecule has 0 bridgehead atoms. The Hall–Kier alpha value is -3.50. The van der Waals surface area contributed by atoms with Crippen molar-refractivity contribution in [3.8, 4) is 11.1 Å². The first-order valence-electron chi connectivity index (χ1n) is 26.4. The summed E-state index contributed by atoms with van der Waals surface area (Å²) >= 11 is 0. The third-order valence-electron chi connectivity index (χ3n) is 16.2. The third kappa shape index (κ3) is 14.3. The van der Waals surface area contributed by atoms with Crippen molar-refractivity contribution in [2.45, 2.75) is 205 Å². The molecular formula is C55H88N6O12. The van der Waals surface area contributed by atoms with E-state index in [0.717, 1.165) is 28.8 Å². The minimum Gasteiger partial charge on any atom is -0.459 e. The van der Waals surface area contributed by atoms with E-state index in [0.29, 0.717) is 32.5 Å². The molecule has 3 saturated heterocycles. The number of methoxy groups -OCH3 is 2. The van der Waals surface area contributed by atoms with Gasteiger partial charge in [-0.05, 0) is 110 Å². The fraction of sp³-hybridized carbons (Fsp3) is 0.745. The number of carbonyl (C=O) groups excluding carboxylic acids is 1. The summed E-state index contributed by atoms with van der Waals surface area (Å²) in [6, 6.07) is 11.8. The highest BCUT2D eigenvalue weighted by atomic mass is 16.7. The number of esters is 1. The SMILES string of the molecule is CC[C@H]1OC(=O)[C@H](C)[C@@H](O[C@H]2C[C@@](C)(OC)[C@@H](O)[C@H](C)O2)[C@H](C)[C@@H](O[C@H]2C[C@@H](N(C)CCc3cn(CC(OC)c4ccc(-c5cccnc5)cc4)nn3)C[C@@H](C)O2)[C@](C)(O)C[C@@H](C)CN(C)[C@H](C)[C@@H](O)[C@]1(C)O. The fourth-order valence-electron chi connectivity index (χ4n) is 11.5. The maximum Gasteiger partial charge on any atom is 0.311 e. The standard InChI is InChI=1S/C55H88N6O12/c1-15-45-55(10,66)49(62)37(6)60(12)30-33(2)27-53(8,65)51(35(4)48(36(5)52(64)71-45)72-47-28-54(9,68-14)50(63)38(7)70-47)73-46-26-43(25-34(3)69-46)59(11)24-22-42-31-61(58-57-42)32-44(67-13)40-20-18-39(19-21-40)41-17-16-23-56-29-41/h16-21,23,29,31,33-38,43-51,62-63,65-66H,15,22,24-28,30,32H2,1-14H3/t33-,34-,35+,36-,37-,38+,43+,44?,45-,46+,47+,48+,49-,50+,51-,53-,54-,55-/m1/s1. The van der Waals surface area contributed by atoms with Gasteiger partial charge in [-0.2, -0.15) is 0 Å². The van der Waals surface area contributed by atoms with Crippen LogP contribution in [0.2, 0.25) is 0 Å². The van der Waals surface area contributed by atoms with Crippen LogP contribution in [-0.4, -0.2) is 182 Å². The number of aliphatic hydroxyl groups is 4. The number of rotatable bonds is 15. The first-order valence-corrected chi connectivity index (χ1v) is 26.4. The van der Waals surface area contributed by atoms with Crippen molar-refractivity contribution in [2.75, 3.05) is 41.4 Å². The van der Waals surface area contributed by atoms with E-state index in [-0.39, 0.29) is 43.4 Å². The van der Waals surface area contributed by atoms with E-state index in [1.807, 2.05) is 68.9 Å². The lowest BCUT2D eigenvalue weighted by Crippen LogP contribution is -2.59. The summed E-state index contributed by atoms with van der Waals surface area (Å²) in [4.78, 5) is 23.0. The van der Waals surface area contributed by atoms with E-state index < -0.39 is 89.9 Å². The van der Waals surface area contributed by atoms with Gasteiger partial charge in [0.1, 0.15) is 30.0 Å². The molecule has 3 fully saturated rings. The molecule has 4 N–H and O–H groups in total.